The van der Waals surface area contributed by atoms with E-state index in [0.29, 0.717) is 24.6 Å². The Morgan fingerprint density at radius 3 is 2.79 bits per heavy atom. The minimum absolute atomic E-state index is 0.0743. The van der Waals surface area contributed by atoms with Gasteiger partial charge in [-0.05, 0) is 36.8 Å². The highest BCUT2D eigenvalue weighted by molar-refractivity contribution is 9.10. The van der Waals surface area contributed by atoms with Crippen LogP contribution in [0.2, 0.25) is 5.02 Å². The van der Waals surface area contributed by atoms with Gasteiger partial charge in [0.15, 0.2) is 0 Å². The lowest BCUT2D eigenvalue weighted by Crippen LogP contribution is -2.19. The Kier molecular flexibility index (Phi) is 7.50. The molecule has 3 aromatic rings. The van der Waals surface area contributed by atoms with Crippen LogP contribution in [0.1, 0.15) is 30.5 Å². The Morgan fingerprint density at radius 1 is 1.25 bits per heavy atom. The van der Waals surface area contributed by atoms with Crippen molar-refractivity contribution in [2.75, 3.05) is 13.2 Å². The second kappa shape index (κ2) is 10.1. The van der Waals surface area contributed by atoms with Crippen molar-refractivity contribution in [2.24, 2.45) is 0 Å². The third-order valence-corrected chi connectivity index (χ3v) is 5.20. The van der Waals surface area contributed by atoms with Crippen LogP contribution >= 0.6 is 27.5 Å². The van der Waals surface area contributed by atoms with Gasteiger partial charge in [-0.1, -0.05) is 45.7 Å². The van der Waals surface area contributed by atoms with Gasteiger partial charge in [0, 0.05) is 46.2 Å². The van der Waals surface area contributed by atoms with Gasteiger partial charge in [-0.15, -0.1) is 0 Å². The number of hydrogen-bond acceptors (Lipinski definition) is 4. The molecule has 0 saturated heterocycles. The largest absolute Gasteiger partial charge is 0.493 e. The molecule has 2 aromatic carbocycles. The summed E-state index contributed by atoms with van der Waals surface area (Å²) in [6.07, 6.45) is 2.44. The fraction of sp³-hybridized carbons (Fsp3) is 0.286. The van der Waals surface area contributed by atoms with Gasteiger partial charge in [0.25, 0.3) is 0 Å². The lowest BCUT2D eigenvalue weighted by Gasteiger charge is -2.19. The number of rotatable bonds is 9. The molecule has 0 aliphatic rings. The van der Waals surface area contributed by atoms with E-state index < -0.39 is 0 Å². The number of aromatic nitrogens is 2. The molecule has 3 N–H and O–H groups in total. The zero-order valence-corrected chi connectivity index (χ0v) is 17.9. The standard InChI is InChI=1S/C21H23BrClN3O2/c1-14(19-8-5-17(22)11-20(19)28-10-2-9-27)24-12-16-13-25-26-21(16)15-3-6-18(23)7-4-15/h3-8,11,13-14,24,27H,2,9-10,12H2,1H3,(H,25,26). The van der Waals surface area contributed by atoms with Crippen LogP contribution in [0, 0.1) is 0 Å². The van der Waals surface area contributed by atoms with Gasteiger partial charge in [-0.3, -0.25) is 5.10 Å². The Morgan fingerprint density at radius 2 is 2.04 bits per heavy atom. The first kappa shape index (κ1) is 20.9. The van der Waals surface area contributed by atoms with E-state index in [1.807, 2.05) is 48.7 Å². The normalized spacial score (nSPS) is 12.1. The summed E-state index contributed by atoms with van der Waals surface area (Å²) < 4.78 is 6.82. The van der Waals surface area contributed by atoms with Crippen molar-refractivity contribution in [3.8, 4) is 17.0 Å². The molecule has 1 unspecified atom stereocenters. The highest BCUT2D eigenvalue weighted by Gasteiger charge is 2.14. The average molecular weight is 465 g/mol. The van der Waals surface area contributed by atoms with Crippen LogP contribution in [0.3, 0.4) is 0 Å². The third kappa shape index (κ3) is 5.35. The van der Waals surface area contributed by atoms with Crippen molar-refractivity contribution in [1.82, 2.24) is 15.5 Å². The summed E-state index contributed by atoms with van der Waals surface area (Å²) in [5.74, 6) is 0.813. The number of aromatic amines is 1. The maximum absolute atomic E-state index is 8.98. The summed E-state index contributed by atoms with van der Waals surface area (Å²) in [4.78, 5) is 0. The summed E-state index contributed by atoms with van der Waals surface area (Å²) in [5, 5.41) is 20.5. The van der Waals surface area contributed by atoms with E-state index in [2.05, 4.69) is 38.4 Å². The Labute approximate surface area is 178 Å². The molecule has 3 rings (SSSR count). The summed E-state index contributed by atoms with van der Waals surface area (Å²) in [7, 11) is 0. The summed E-state index contributed by atoms with van der Waals surface area (Å²) >= 11 is 9.48. The molecule has 148 valence electrons. The summed E-state index contributed by atoms with van der Waals surface area (Å²) in [6.45, 7) is 3.35. The second-order valence-electron chi connectivity index (χ2n) is 6.49. The van der Waals surface area contributed by atoms with Crippen molar-refractivity contribution < 1.29 is 9.84 Å². The highest BCUT2D eigenvalue weighted by atomic mass is 79.9. The van der Waals surface area contributed by atoms with Crippen LogP contribution in [0.25, 0.3) is 11.3 Å². The number of hydrogen-bond donors (Lipinski definition) is 3. The van der Waals surface area contributed by atoms with Crippen molar-refractivity contribution in [1.29, 1.82) is 0 Å². The average Bonchev–Trinajstić information content (AvgIpc) is 3.15. The summed E-state index contributed by atoms with van der Waals surface area (Å²) in [5.41, 5.74) is 4.17. The van der Waals surface area contributed by atoms with E-state index in [0.717, 1.165) is 32.6 Å². The van der Waals surface area contributed by atoms with Gasteiger partial charge < -0.3 is 15.2 Å². The molecule has 28 heavy (non-hydrogen) atoms. The van der Waals surface area contributed by atoms with Crippen molar-refractivity contribution in [2.45, 2.75) is 25.9 Å². The Balaban J connectivity index is 1.70. The zero-order chi connectivity index (χ0) is 19.9. The van der Waals surface area contributed by atoms with Crippen LogP contribution < -0.4 is 10.1 Å². The predicted octanol–water partition coefficient (Wildman–Crippen LogP) is 5.10. The van der Waals surface area contributed by atoms with Crippen LogP contribution in [-0.2, 0) is 6.54 Å². The number of benzene rings is 2. The SMILES string of the molecule is CC(NCc1cn[nH]c1-c1ccc(Cl)cc1)c1ccc(Br)cc1OCCCO. The smallest absolute Gasteiger partial charge is 0.125 e. The fourth-order valence-corrected chi connectivity index (χ4v) is 3.39. The van der Waals surface area contributed by atoms with E-state index in [9.17, 15) is 0 Å². The lowest BCUT2D eigenvalue weighted by molar-refractivity contribution is 0.231. The molecule has 1 aromatic heterocycles. The molecule has 1 atom stereocenters. The number of aliphatic hydroxyl groups is 1. The maximum atomic E-state index is 8.98. The van der Waals surface area contributed by atoms with Crippen LogP contribution in [0.15, 0.2) is 53.1 Å². The van der Waals surface area contributed by atoms with E-state index in [4.69, 9.17) is 21.4 Å². The molecule has 0 amide bonds. The van der Waals surface area contributed by atoms with Gasteiger partial charge in [-0.2, -0.15) is 5.10 Å². The number of nitrogens with one attached hydrogen (secondary N) is 2. The maximum Gasteiger partial charge on any atom is 0.125 e. The van der Waals surface area contributed by atoms with E-state index in [-0.39, 0.29) is 12.6 Å². The van der Waals surface area contributed by atoms with Crippen molar-refractivity contribution >= 4 is 27.5 Å². The number of aliphatic hydroxyl groups excluding tert-OH is 1. The van der Waals surface area contributed by atoms with Gasteiger partial charge in [-0.25, -0.2) is 0 Å². The molecule has 0 aliphatic heterocycles. The third-order valence-electron chi connectivity index (χ3n) is 4.45. The lowest BCUT2D eigenvalue weighted by atomic mass is 10.1. The Hall–Kier alpha value is -1.86. The van der Waals surface area contributed by atoms with Gasteiger partial charge >= 0.3 is 0 Å². The van der Waals surface area contributed by atoms with Gasteiger partial charge in [0.1, 0.15) is 5.75 Å². The zero-order valence-electron chi connectivity index (χ0n) is 15.6. The molecule has 0 aliphatic carbocycles. The van der Waals surface area contributed by atoms with E-state index in [1.54, 1.807) is 0 Å². The highest BCUT2D eigenvalue weighted by Crippen LogP contribution is 2.30. The molecule has 0 bridgehead atoms. The second-order valence-corrected chi connectivity index (χ2v) is 7.84. The first-order chi connectivity index (χ1) is 13.6. The van der Waals surface area contributed by atoms with Crippen LogP contribution in [-0.4, -0.2) is 28.5 Å². The number of halogens is 2. The van der Waals surface area contributed by atoms with E-state index in [1.165, 1.54) is 0 Å². The van der Waals surface area contributed by atoms with Crippen molar-refractivity contribution in [3.63, 3.8) is 0 Å². The number of nitrogens with zero attached hydrogens (tertiary/aromatic N) is 1. The van der Waals surface area contributed by atoms with Gasteiger partial charge in [0.05, 0.1) is 18.5 Å². The molecule has 0 saturated carbocycles. The van der Waals surface area contributed by atoms with Gasteiger partial charge in [0.2, 0.25) is 0 Å². The number of ether oxygens (including phenoxy) is 1. The minimum Gasteiger partial charge on any atom is -0.493 e. The quantitative estimate of drug-likeness (QED) is 0.385. The molecular weight excluding hydrogens is 442 g/mol. The predicted molar refractivity (Wildman–Crippen MR) is 116 cm³/mol. The van der Waals surface area contributed by atoms with Crippen LogP contribution in [0.5, 0.6) is 5.75 Å². The summed E-state index contributed by atoms with van der Waals surface area (Å²) in [6, 6.07) is 13.8. The first-order valence-corrected chi connectivity index (χ1v) is 10.3. The molecular formula is C21H23BrClN3O2. The molecule has 5 nitrogen and oxygen atoms in total. The Bertz CT molecular complexity index is 899. The van der Waals surface area contributed by atoms with E-state index >= 15 is 0 Å². The molecule has 0 fully saturated rings. The van der Waals surface area contributed by atoms with Crippen molar-refractivity contribution in [3.05, 3.63) is 69.3 Å². The molecule has 1 heterocycles. The topological polar surface area (TPSA) is 70.2 Å². The molecule has 0 radical (unpaired) electrons. The monoisotopic (exact) mass is 463 g/mol. The number of H-pyrrole nitrogens is 1. The minimum atomic E-state index is 0.0743. The molecule has 0 spiro atoms. The van der Waals surface area contributed by atoms with Crippen LogP contribution in [0.4, 0.5) is 0 Å². The molecule has 7 heteroatoms. The first-order valence-electron chi connectivity index (χ1n) is 9.13. The fourth-order valence-electron chi connectivity index (χ4n) is 2.92.